The highest BCUT2D eigenvalue weighted by Crippen LogP contribution is 2.32. The monoisotopic (exact) mass is 294 g/mol. The number of ketones is 2. The molecule has 0 radical (unpaired) electrons. The Hall–Kier alpha value is -2.95. The molecule has 2 aromatic carbocycles. The number of carbonyl (C=O) groups excluding carboxylic acids is 3. The molecule has 5 heteroatoms. The van der Waals surface area contributed by atoms with Crippen molar-refractivity contribution in [2.45, 2.75) is 6.92 Å². The predicted octanol–water partition coefficient (Wildman–Crippen LogP) is 1.95. The number of nitrogens with one attached hydrogen (secondary N) is 1. The van der Waals surface area contributed by atoms with Crippen LogP contribution in [0.5, 0.6) is 0 Å². The molecule has 0 saturated heterocycles. The van der Waals surface area contributed by atoms with Crippen LogP contribution in [0, 0.1) is 0 Å². The molecule has 1 aliphatic rings. The van der Waals surface area contributed by atoms with Gasteiger partial charge in [-0.2, -0.15) is 0 Å². The van der Waals surface area contributed by atoms with Gasteiger partial charge in [-0.15, -0.1) is 0 Å². The van der Waals surface area contributed by atoms with Crippen LogP contribution in [-0.4, -0.2) is 24.5 Å². The second-order valence-corrected chi connectivity index (χ2v) is 5.13. The average molecular weight is 294 g/mol. The Kier molecular flexibility index (Phi) is 3.25. The van der Waals surface area contributed by atoms with Crippen LogP contribution in [0.25, 0.3) is 0 Å². The van der Waals surface area contributed by atoms with Crippen LogP contribution >= 0.6 is 0 Å². The normalized spacial score (nSPS) is 12.5. The molecule has 0 fully saturated rings. The van der Waals surface area contributed by atoms with E-state index in [1.165, 1.54) is 11.9 Å². The van der Waals surface area contributed by atoms with Crippen molar-refractivity contribution in [1.82, 2.24) is 5.43 Å². The van der Waals surface area contributed by atoms with Gasteiger partial charge in [0.05, 0.1) is 11.3 Å². The van der Waals surface area contributed by atoms with Crippen molar-refractivity contribution in [3.63, 3.8) is 0 Å². The molecule has 0 aromatic heterocycles. The van der Waals surface area contributed by atoms with Crippen molar-refractivity contribution < 1.29 is 14.4 Å². The fraction of sp³-hybridized carbons (Fsp3) is 0.118. The summed E-state index contributed by atoms with van der Waals surface area (Å²) in [5, 5.41) is 1.46. The van der Waals surface area contributed by atoms with Gasteiger partial charge in [0.2, 0.25) is 5.91 Å². The van der Waals surface area contributed by atoms with Crippen LogP contribution in [0.3, 0.4) is 0 Å². The Bertz CT molecular complexity index is 811. The van der Waals surface area contributed by atoms with E-state index in [4.69, 9.17) is 0 Å². The molecule has 110 valence electrons. The van der Waals surface area contributed by atoms with E-state index in [2.05, 4.69) is 5.43 Å². The zero-order chi connectivity index (χ0) is 15.9. The van der Waals surface area contributed by atoms with Crippen molar-refractivity contribution in [3.8, 4) is 0 Å². The molecule has 22 heavy (non-hydrogen) atoms. The third kappa shape index (κ3) is 2.07. The van der Waals surface area contributed by atoms with Gasteiger partial charge in [0.25, 0.3) is 0 Å². The lowest BCUT2D eigenvalue weighted by Gasteiger charge is -2.26. The first-order valence-electron chi connectivity index (χ1n) is 6.83. The number of hydrogen-bond acceptors (Lipinski definition) is 4. The van der Waals surface area contributed by atoms with Crippen molar-refractivity contribution >= 4 is 23.2 Å². The zero-order valence-corrected chi connectivity index (χ0v) is 12.2. The first-order valence-corrected chi connectivity index (χ1v) is 6.83. The van der Waals surface area contributed by atoms with E-state index >= 15 is 0 Å². The number of amides is 1. The minimum absolute atomic E-state index is 0.178. The fourth-order valence-electron chi connectivity index (χ4n) is 2.70. The first kappa shape index (κ1) is 14.0. The smallest absolute Gasteiger partial charge is 0.235 e. The molecule has 2 aromatic rings. The molecule has 0 saturated carbocycles. The standard InChI is InChI=1S/C17H14N2O3/c1-10(20)18-19(2)14-9-5-8-13-15(14)17(22)12-7-4-3-6-11(12)16(13)21/h3-9H,1-2H3,(H,18,20). The summed E-state index contributed by atoms with van der Waals surface area (Å²) in [4.78, 5) is 36.6. The summed E-state index contributed by atoms with van der Waals surface area (Å²) >= 11 is 0. The molecule has 1 N–H and O–H groups in total. The first-order chi connectivity index (χ1) is 10.5. The van der Waals surface area contributed by atoms with E-state index in [1.807, 2.05) is 0 Å². The zero-order valence-electron chi connectivity index (χ0n) is 12.2. The van der Waals surface area contributed by atoms with Gasteiger partial charge < -0.3 is 0 Å². The Morgan fingerprint density at radius 2 is 1.50 bits per heavy atom. The molecule has 0 unspecified atom stereocenters. The van der Waals surface area contributed by atoms with Crippen LogP contribution in [0.1, 0.15) is 38.8 Å². The quantitative estimate of drug-likeness (QED) is 0.734. The van der Waals surface area contributed by atoms with Crippen LogP contribution in [-0.2, 0) is 4.79 Å². The van der Waals surface area contributed by atoms with Crippen LogP contribution in [0.2, 0.25) is 0 Å². The highest BCUT2D eigenvalue weighted by molar-refractivity contribution is 6.30. The van der Waals surface area contributed by atoms with Gasteiger partial charge in [0, 0.05) is 30.7 Å². The number of hydrazine groups is 1. The lowest BCUT2D eigenvalue weighted by molar-refractivity contribution is -0.119. The third-order valence-electron chi connectivity index (χ3n) is 3.62. The highest BCUT2D eigenvalue weighted by Gasteiger charge is 2.32. The number of nitrogens with zero attached hydrogens (tertiary/aromatic N) is 1. The maximum atomic E-state index is 12.8. The van der Waals surface area contributed by atoms with E-state index in [-0.39, 0.29) is 17.5 Å². The second-order valence-electron chi connectivity index (χ2n) is 5.13. The Morgan fingerprint density at radius 3 is 2.14 bits per heavy atom. The van der Waals surface area contributed by atoms with Crippen LogP contribution in [0.4, 0.5) is 5.69 Å². The molecule has 0 spiro atoms. The van der Waals surface area contributed by atoms with E-state index in [0.717, 1.165) is 0 Å². The van der Waals surface area contributed by atoms with Crippen molar-refractivity contribution in [2.24, 2.45) is 0 Å². The van der Waals surface area contributed by atoms with Crippen molar-refractivity contribution in [1.29, 1.82) is 0 Å². The maximum absolute atomic E-state index is 12.8. The molecule has 5 nitrogen and oxygen atoms in total. The lowest BCUT2D eigenvalue weighted by atomic mass is 9.83. The topological polar surface area (TPSA) is 66.5 Å². The summed E-state index contributed by atoms with van der Waals surface area (Å²) in [7, 11) is 1.63. The Morgan fingerprint density at radius 1 is 0.909 bits per heavy atom. The number of hydrogen-bond donors (Lipinski definition) is 1. The molecule has 1 amide bonds. The lowest BCUT2D eigenvalue weighted by Crippen LogP contribution is -2.39. The SMILES string of the molecule is CC(=O)NN(C)c1cccc2c1C(=O)c1ccccc1C2=O. The molecule has 1 aliphatic carbocycles. The average Bonchev–Trinajstić information content (AvgIpc) is 2.51. The van der Waals surface area contributed by atoms with Gasteiger partial charge in [-0.25, -0.2) is 0 Å². The van der Waals surface area contributed by atoms with Crippen LogP contribution in [0.15, 0.2) is 42.5 Å². The highest BCUT2D eigenvalue weighted by atomic mass is 16.2. The van der Waals surface area contributed by atoms with Gasteiger partial charge in [-0.3, -0.25) is 24.8 Å². The minimum Gasteiger partial charge on any atom is -0.289 e. The van der Waals surface area contributed by atoms with Gasteiger partial charge in [-0.05, 0) is 6.07 Å². The maximum Gasteiger partial charge on any atom is 0.235 e. The second kappa shape index (κ2) is 5.11. The van der Waals surface area contributed by atoms with Crippen LogP contribution < -0.4 is 10.4 Å². The van der Waals surface area contributed by atoms with E-state index in [9.17, 15) is 14.4 Å². The number of anilines is 1. The Labute approximate surface area is 127 Å². The number of carbonyl (C=O) groups is 3. The van der Waals surface area contributed by atoms with Gasteiger partial charge in [0.1, 0.15) is 0 Å². The summed E-state index contributed by atoms with van der Waals surface area (Å²) < 4.78 is 0. The van der Waals surface area contributed by atoms with Gasteiger partial charge in [0.15, 0.2) is 11.6 Å². The molecule has 0 atom stereocenters. The fourth-order valence-corrected chi connectivity index (χ4v) is 2.70. The third-order valence-corrected chi connectivity index (χ3v) is 3.62. The Balaban J connectivity index is 2.19. The number of benzene rings is 2. The molecule has 3 rings (SSSR count). The number of fused-ring (bicyclic) bond motifs is 2. The van der Waals surface area contributed by atoms with Gasteiger partial charge >= 0.3 is 0 Å². The molecule has 0 heterocycles. The van der Waals surface area contributed by atoms with E-state index in [1.54, 1.807) is 49.5 Å². The van der Waals surface area contributed by atoms with Crippen molar-refractivity contribution in [3.05, 3.63) is 64.7 Å². The largest absolute Gasteiger partial charge is 0.289 e. The summed E-state index contributed by atoms with van der Waals surface area (Å²) in [5.41, 5.74) is 4.59. The summed E-state index contributed by atoms with van der Waals surface area (Å²) in [6.45, 7) is 1.38. The number of rotatable bonds is 2. The van der Waals surface area contributed by atoms with E-state index in [0.29, 0.717) is 27.9 Å². The molecular formula is C17H14N2O3. The molecule has 0 bridgehead atoms. The summed E-state index contributed by atoms with van der Waals surface area (Å²) in [6.07, 6.45) is 0. The minimum atomic E-state index is -0.255. The predicted molar refractivity (Wildman–Crippen MR) is 82.0 cm³/mol. The van der Waals surface area contributed by atoms with Crippen molar-refractivity contribution in [2.75, 3.05) is 12.1 Å². The summed E-state index contributed by atoms with van der Waals surface area (Å²) in [5.74, 6) is -0.642. The van der Waals surface area contributed by atoms with Gasteiger partial charge in [-0.1, -0.05) is 36.4 Å². The molecule has 0 aliphatic heterocycles. The molecular weight excluding hydrogens is 280 g/mol. The van der Waals surface area contributed by atoms with E-state index < -0.39 is 0 Å². The summed E-state index contributed by atoms with van der Waals surface area (Å²) in [6, 6.07) is 11.8.